The van der Waals surface area contributed by atoms with Crippen LogP contribution in [0.4, 0.5) is 0 Å². The van der Waals surface area contributed by atoms with Gasteiger partial charge in [0.15, 0.2) is 5.96 Å². The second kappa shape index (κ2) is 9.05. The van der Waals surface area contributed by atoms with Gasteiger partial charge in [-0.25, -0.2) is 4.99 Å². The summed E-state index contributed by atoms with van der Waals surface area (Å²) < 4.78 is 5.48. The van der Waals surface area contributed by atoms with Crippen molar-refractivity contribution < 1.29 is 4.74 Å². The highest BCUT2D eigenvalue weighted by Crippen LogP contribution is 2.14. The van der Waals surface area contributed by atoms with Crippen LogP contribution in [0.1, 0.15) is 31.7 Å². The SMILES string of the molecule is CCOc1cccc(CN=C(N)N2CCCCC2)c1.I. The molecule has 0 saturated carbocycles. The van der Waals surface area contributed by atoms with Crippen LogP contribution in [0.2, 0.25) is 0 Å². The Morgan fingerprint density at radius 2 is 2.05 bits per heavy atom. The number of benzene rings is 1. The Morgan fingerprint density at radius 3 is 2.75 bits per heavy atom. The molecule has 4 nitrogen and oxygen atoms in total. The number of ether oxygens (including phenoxy) is 1. The van der Waals surface area contributed by atoms with E-state index in [1.54, 1.807) is 0 Å². The van der Waals surface area contributed by atoms with E-state index in [-0.39, 0.29) is 24.0 Å². The lowest BCUT2D eigenvalue weighted by Crippen LogP contribution is -2.40. The number of halogens is 1. The standard InChI is InChI=1S/C15H23N3O.HI/c1-2-19-14-8-6-7-13(11-14)12-17-15(16)18-9-4-3-5-10-18;/h6-8,11H,2-5,9-10,12H2,1H3,(H2,16,17);1H. The maximum Gasteiger partial charge on any atom is 0.191 e. The van der Waals surface area contributed by atoms with Crippen LogP contribution in [0.25, 0.3) is 0 Å². The molecule has 0 radical (unpaired) electrons. The highest BCUT2D eigenvalue weighted by atomic mass is 127. The molecule has 0 atom stereocenters. The van der Waals surface area contributed by atoms with Gasteiger partial charge in [-0.05, 0) is 43.9 Å². The number of guanidine groups is 1. The van der Waals surface area contributed by atoms with Crippen molar-refractivity contribution in [1.29, 1.82) is 0 Å². The Labute approximate surface area is 138 Å². The van der Waals surface area contributed by atoms with Gasteiger partial charge in [0.25, 0.3) is 0 Å². The fraction of sp³-hybridized carbons (Fsp3) is 0.533. The molecule has 1 fully saturated rings. The van der Waals surface area contributed by atoms with E-state index in [9.17, 15) is 0 Å². The average Bonchev–Trinajstić information content (AvgIpc) is 2.46. The van der Waals surface area contributed by atoms with Crippen molar-refractivity contribution >= 4 is 29.9 Å². The first-order valence-electron chi connectivity index (χ1n) is 7.06. The van der Waals surface area contributed by atoms with E-state index in [0.29, 0.717) is 19.1 Å². The van der Waals surface area contributed by atoms with Crippen LogP contribution in [0.3, 0.4) is 0 Å². The molecule has 1 aromatic rings. The van der Waals surface area contributed by atoms with E-state index in [1.165, 1.54) is 19.3 Å². The van der Waals surface area contributed by atoms with Gasteiger partial charge in [0.05, 0.1) is 13.2 Å². The summed E-state index contributed by atoms with van der Waals surface area (Å²) in [6.07, 6.45) is 3.74. The summed E-state index contributed by atoms with van der Waals surface area (Å²) in [5.41, 5.74) is 7.17. The molecule has 112 valence electrons. The molecule has 0 amide bonds. The number of piperidine rings is 1. The summed E-state index contributed by atoms with van der Waals surface area (Å²) in [6, 6.07) is 8.03. The van der Waals surface area contributed by atoms with Crippen molar-refractivity contribution in [3.63, 3.8) is 0 Å². The number of likely N-dealkylation sites (tertiary alicyclic amines) is 1. The molecule has 1 saturated heterocycles. The smallest absolute Gasteiger partial charge is 0.191 e. The number of rotatable bonds is 4. The molecule has 1 aromatic carbocycles. The lowest BCUT2D eigenvalue weighted by molar-refractivity contribution is 0.337. The largest absolute Gasteiger partial charge is 0.494 e. The summed E-state index contributed by atoms with van der Waals surface area (Å²) in [5, 5.41) is 0. The van der Waals surface area contributed by atoms with Crippen LogP contribution >= 0.6 is 24.0 Å². The highest BCUT2D eigenvalue weighted by Gasteiger charge is 2.11. The van der Waals surface area contributed by atoms with Crippen LogP contribution in [0.5, 0.6) is 5.75 Å². The third-order valence-electron chi connectivity index (χ3n) is 3.31. The van der Waals surface area contributed by atoms with Gasteiger partial charge in [-0.3, -0.25) is 0 Å². The zero-order valence-electron chi connectivity index (χ0n) is 12.0. The number of hydrogen-bond donors (Lipinski definition) is 1. The van der Waals surface area contributed by atoms with Gasteiger partial charge >= 0.3 is 0 Å². The Morgan fingerprint density at radius 1 is 1.30 bits per heavy atom. The van der Waals surface area contributed by atoms with Gasteiger partial charge in [-0.15, -0.1) is 24.0 Å². The molecule has 2 rings (SSSR count). The van der Waals surface area contributed by atoms with E-state index < -0.39 is 0 Å². The normalized spacial score (nSPS) is 15.7. The number of hydrogen-bond acceptors (Lipinski definition) is 2. The summed E-state index contributed by atoms with van der Waals surface area (Å²) in [4.78, 5) is 6.66. The zero-order valence-corrected chi connectivity index (χ0v) is 14.4. The van der Waals surface area contributed by atoms with Crippen LogP contribution in [-0.4, -0.2) is 30.6 Å². The molecule has 20 heavy (non-hydrogen) atoms. The van der Waals surface area contributed by atoms with E-state index >= 15 is 0 Å². The molecule has 1 aliphatic heterocycles. The number of nitrogens with two attached hydrogens (primary N) is 1. The second-order valence-electron chi connectivity index (χ2n) is 4.80. The predicted octanol–water partition coefficient (Wildman–Crippen LogP) is 3.00. The van der Waals surface area contributed by atoms with Gasteiger partial charge < -0.3 is 15.4 Å². The molecule has 1 aliphatic rings. The third-order valence-corrected chi connectivity index (χ3v) is 3.31. The minimum absolute atomic E-state index is 0. The molecule has 1 heterocycles. The predicted molar refractivity (Wildman–Crippen MR) is 93.8 cm³/mol. The highest BCUT2D eigenvalue weighted by molar-refractivity contribution is 14.0. The van der Waals surface area contributed by atoms with E-state index in [2.05, 4.69) is 16.0 Å². The first-order valence-corrected chi connectivity index (χ1v) is 7.06. The fourth-order valence-corrected chi connectivity index (χ4v) is 2.30. The van der Waals surface area contributed by atoms with Gasteiger partial charge in [0.1, 0.15) is 5.75 Å². The first-order chi connectivity index (χ1) is 9.29. The minimum Gasteiger partial charge on any atom is -0.494 e. The van der Waals surface area contributed by atoms with Gasteiger partial charge in [-0.1, -0.05) is 12.1 Å². The second-order valence-corrected chi connectivity index (χ2v) is 4.80. The quantitative estimate of drug-likeness (QED) is 0.489. The lowest BCUT2D eigenvalue weighted by Gasteiger charge is -2.27. The Bertz CT molecular complexity index is 431. The van der Waals surface area contributed by atoms with Crippen LogP contribution in [0, 0.1) is 0 Å². The first kappa shape index (κ1) is 17.1. The third kappa shape index (κ3) is 5.19. The van der Waals surface area contributed by atoms with Crippen LogP contribution in [0.15, 0.2) is 29.3 Å². The minimum atomic E-state index is 0. The Hall–Kier alpha value is -0.980. The van der Waals surface area contributed by atoms with Gasteiger partial charge in [0, 0.05) is 13.1 Å². The van der Waals surface area contributed by atoms with Crippen molar-refractivity contribution in [2.24, 2.45) is 10.7 Å². The summed E-state index contributed by atoms with van der Waals surface area (Å²) in [6.45, 7) is 5.35. The molecular formula is C15H24IN3O. The summed E-state index contributed by atoms with van der Waals surface area (Å²) in [7, 11) is 0. The molecule has 0 aliphatic carbocycles. The summed E-state index contributed by atoms with van der Waals surface area (Å²) in [5.74, 6) is 1.56. The van der Waals surface area contributed by atoms with Crippen molar-refractivity contribution in [2.75, 3.05) is 19.7 Å². The maximum atomic E-state index is 6.04. The van der Waals surface area contributed by atoms with E-state index in [1.807, 2.05) is 25.1 Å². The summed E-state index contributed by atoms with van der Waals surface area (Å²) >= 11 is 0. The molecule has 0 unspecified atom stereocenters. The van der Waals surface area contributed by atoms with Crippen molar-refractivity contribution in [1.82, 2.24) is 4.90 Å². The topological polar surface area (TPSA) is 50.9 Å². The molecule has 0 spiro atoms. The lowest BCUT2D eigenvalue weighted by atomic mass is 10.1. The Kier molecular flexibility index (Phi) is 7.72. The molecule has 0 bridgehead atoms. The number of aliphatic imine (C=N–C) groups is 1. The van der Waals surface area contributed by atoms with E-state index in [4.69, 9.17) is 10.5 Å². The van der Waals surface area contributed by atoms with Crippen LogP contribution < -0.4 is 10.5 Å². The van der Waals surface area contributed by atoms with Crippen molar-refractivity contribution in [3.8, 4) is 5.75 Å². The van der Waals surface area contributed by atoms with Crippen molar-refractivity contribution in [3.05, 3.63) is 29.8 Å². The number of nitrogens with zero attached hydrogens (tertiary/aromatic N) is 2. The van der Waals surface area contributed by atoms with Gasteiger partial charge in [0.2, 0.25) is 0 Å². The fourth-order valence-electron chi connectivity index (χ4n) is 2.30. The molecule has 0 aromatic heterocycles. The molecule has 5 heteroatoms. The van der Waals surface area contributed by atoms with Gasteiger partial charge in [-0.2, -0.15) is 0 Å². The van der Waals surface area contributed by atoms with Crippen LogP contribution in [-0.2, 0) is 6.54 Å². The van der Waals surface area contributed by atoms with E-state index in [0.717, 1.165) is 24.4 Å². The van der Waals surface area contributed by atoms with Crippen molar-refractivity contribution in [2.45, 2.75) is 32.7 Å². The maximum absolute atomic E-state index is 6.04. The average molecular weight is 389 g/mol. The zero-order chi connectivity index (χ0) is 13.5. The Balaban J connectivity index is 0.00000200. The monoisotopic (exact) mass is 389 g/mol. The molecule has 2 N–H and O–H groups in total. The molecular weight excluding hydrogens is 365 g/mol.